The SMILES string of the molecule is CC(C)(N)C(=O)NCc1ccccc1CN1CCCCCC1.Cl.Cl. The molecule has 1 aromatic rings. The zero-order chi connectivity index (χ0) is 16.0. The van der Waals surface area contributed by atoms with Gasteiger partial charge in [0.2, 0.25) is 5.91 Å². The summed E-state index contributed by atoms with van der Waals surface area (Å²) in [6, 6.07) is 8.36. The molecular formula is C18H31Cl2N3O. The van der Waals surface area contributed by atoms with Crippen LogP contribution in [0, 0.1) is 0 Å². The summed E-state index contributed by atoms with van der Waals surface area (Å²) < 4.78 is 0. The summed E-state index contributed by atoms with van der Waals surface area (Å²) in [7, 11) is 0. The Hall–Kier alpha value is -0.810. The number of amides is 1. The van der Waals surface area contributed by atoms with E-state index in [4.69, 9.17) is 5.73 Å². The number of nitrogens with zero attached hydrogens (tertiary/aromatic N) is 1. The van der Waals surface area contributed by atoms with E-state index >= 15 is 0 Å². The Bertz CT molecular complexity index is 495. The number of hydrogen-bond donors (Lipinski definition) is 2. The van der Waals surface area contributed by atoms with E-state index in [-0.39, 0.29) is 30.7 Å². The van der Waals surface area contributed by atoms with Crippen molar-refractivity contribution in [2.24, 2.45) is 5.73 Å². The van der Waals surface area contributed by atoms with E-state index in [0.717, 1.165) is 6.54 Å². The molecule has 1 aliphatic heterocycles. The van der Waals surface area contributed by atoms with Gasteiger partial charge in [0.15, 0.2) is 0 Å². The Kier molecular flexibility index (Phi) is 10.6. The van der Waals surface area contributed by atoms with Crippen molar-refractivity contribution in [3.05, 3.63) is 35.4 Å². The molecule has 1 heterocycles. The molecule has 0 unspecified atom stereocenters. The molecule has 6 heteroatoms. The molecule has 1 saturated heterocycles. The molecule has 0 aromatic heterocycles. The van der Waals surface area contributed by atoms with Gasteiger partial charge in [-0.25, -0.2) is 0 Å². The summed E-state index contributed by atoms with van der Waals surface area (Å²) in [6.07, 6.45) is 5.28. The van der Waals surface area contributed by atoms with Crippen molar-refractivity contribution in [2.75, 3.05) is 13.1 Å². The first-order valence-corrected chi connectivity index (χ1v) is 8.33. The Morgan fingerprint density at radius 1 is 1.08 bits per heavy atom. The number of rotatable bonds is 5. The number of nitrogens with one attached hydrogen (secondary N) is 1. The van der Waals surface area contributed by atoms with Crippen LogP contribution in [0.15, 0.2) is 24.3 Å². The van der Waals surface area contributed by atoms with E-state index in [0.29, 0.717) is 6.54 Å². The highest BCUT2D eigenvalue weighted by atomic mass is 35.5. The van der Waals surface area contributed by atoms with E-state index in [9.17, 15) is 4.79 Å². The largest absolute Gasteiger partial charge is 0.350 e. The Morgan fingerprint density at radius 2 is 1.62 bits per heavy atom. The second-order valence-electron chi connectivity index (χ2n) is 6.86. The number of halogens is 2. The minimum Gasteiger partial charge on any atom is -0.350 e. The molecule has 1 aliphatic rings. The Morgan fingerprint density at radius 3 is 2.17 bits per heavy atom. The van der Waals surface area contributed by atoms with Crippen molar-refractivity contribution in [3.63, 3.8) is 0 Å². The first-order valence-electron chi connectivity index (χ1n) is 8.33. The molecule has 1 amide bonds. The second kappa shape index (κ2) is 10.9. The third-order valence-electron chi connectivity index (χ3n) is 4.24. The summed E-state index contributed by atoms with van der Waals surface area (Å²) in [5, 5.41) is 2.95. The van der Waals surface area contributed by atoms with Crippen molar-refractivity contribution in [1.29, 1.82) is 0 Å². The van der Waals surface area contributed by atoms with Crippen molar-refractivity contribution in [2.45, 2.75) is 58.2 Å². The van der Waals surface area contributed by atoms with Crippen molar-refractivity contribution in [1.82, 2.24) is 10.2 Å². The standard InChI is InChI=1S/C18H29N3O.2ClH/c1-18(2,19)17(22)20-13-15-9-5-6-10-16(15)14-21-11-7-3-4-8-12-21;;/h5-6,9-10H,3-4,7-8,11-14,19H2,1-2H3,(H,20,22);2*1H. The van der Waals surface area contributed by atoms with E-state index < -0.39 is 5.54 Å². The summed E-state index contributed by atoms with van der Waals surface area (Å²) in [5.74, 6) is -0.114. The topological polar surface area (TPSA) is 58.4 Å². The van der Waals surface area contributed by atoms with Crippen LogP contribution in [0.2, 0.25) is 0 Å². The van der Waals surface area contributed by atoms with Gasteiger partial charge in [0, 0.05) is 13.1 Å². The number of carbonyl (C=O) groups is 1. The van der Waals surface area contributed by atoms with Crippen LogP contribution in [0.5, 0.6) is 0 Å². The van der Waals surface area contributed by atoms with Gasteiger partial charge in [-0.05, 0) is 50.9 Å². The van der Waals surface area contributed by atoms with Crippen LogP contribution in [-0.2, 0) is 17.9 Å². The molecule has 0 bridgehead atoms. The molecule has 0 radical (unpaired) electrons. The highest BCUT2D eigenvalue weighted by Crippen LogP contribution is 2.16. The highest BCUT2D eigenvalue weighted by molar-refractivity contribution is 5.86. The molecule has 3 N–H and O–H groups in total. The van der Waals surface area contributed by atoms with Gasteiger partial charge in [-0.3, -0.25) is 9.69 Å². The zero-order valence-corrected chi connectivity index (χ0v) is 16.3. The average Bonchev–Trinajstić information content (AvgIpc) is 2.73. The highest BCUT2D eigenvalue weighted by Gasteiger charge is 2.21. The Balaban J connectivity index is 0.00000264. The Labute approximate surface area is 158 Å². The number of hydrogen-bond acceptors (Lipinski definition) is 3. The van der Waals surface area contributed by atoms with Gasteiger partial charge in [0.1, 0.15) is 0 Å². The quantitative estimate of drug-likeness (QED) is 0.829. The predicted molar refractivity (Wildman–Crippen MR) is 105 cm³/mol. The molecule has 1 fully saturated rings. The molecule has 24 heavy (non-hydrogen) atoms. The van der Waals surface area contributed by atoms with Crippen LogP contribution in [0.3, 0.4) is 0 Å². The smallest absolute Gasteiger partial charge is 0.239 e. The van der Waals surface area contributed by atoms with Gasteiger partial charge in [-0.15, -0.1) is 24.8 Å². The van der Waals surface area contributed by atoms with E-state index in [1.165, 1.54) is 49.9 Å². The van der Waals surface area contributed by atoms with Gasteiger partial charge in [0.05, 0.1) is 5.54 Å². The van der Waals surface area contributed by atoms with Gasteiger partial charge in [-0.1, -0.05) is 37.1 Å². The number of benzene rings is 1. The summed E-state index contributed by atoms with van der Waals surface area (Å²) in [6.45, 7) is 7.32. The summed E-state index contributed by atoms with van der Waals surface area (Å²) in [4.78, 5) is 14.5. The van der Waals surface area contributed by atoms with Gasteiger partial charge >= 0.3 is 0 Å². The first kappa shape index (κ1) is 23.2. The minimum atomic E-state index is -0.834. The monoisotopic (exact) mass is 375 g/mol. The average molecular weight is 376 g/mol. The molecule has 0 aliphatic carbocycles. The third-order valence-corrected chi connectivity index (χ3v) is 4.24. The molecule has 138 valence electrons. The summed E-state index contributed by atoms with van der Waals surface area (Å²) in [5.41, 5.74) is 7.48. The molecule has 2 rings (SSSR count). The molecule has 0 spiro atoms. The molecule has 0 saturated carbocycles. The fourth-order valence-electron chi connectivity index (χ4n) is 2.82. The maximum atomic E-state index is 11.9. The summed E-state index contributed by atoms with van der Waals surface area (Å²) >= 11 is 0. The number of carbonyl (C=O) groups excluding carboxylic acids is 1. The fourth-order valence-corrected chi connectivity index (χ4v) is 2.82. The molecular weight excluding hydrogens is 345 g/mol. The normalized spacial score (nSPS) is 15.6. The van der Waals surface area contributed by atoms with E-state index in [2.05, 4.69) is 28.4 Å². The van der Waals surface area contributed by atoms with Crippen LogP contribution in [0.25, 0.3) is 0 Å². The number of nitrogens with two attached hydrogens (primary N) is 1. The van der Waals surface area contributed by atoms with Crippen molar-refractivity contribution >= 4 is 30.7 Å². The van der Waals surface area contributed by atoms with E-state index in [1.54, 1.807) is 13.8 Å². The van der Waals surface area contributed by atoms with Gasteiger partial charge < -0.3 is 11.1 Å². The van der Waals surface area contributed by atoms with E-state index in [1.807, 2.05) is 6.07 Å². The van der Waals surface area contributed by atoms with Gasteiger partial charge in [0.25, 0.3) is 0 Å². The predicted octanol–water partition coefficient (Wildman–Crippen LogP) is 3.26. The first-order chi connectivity index (χ1) is 10.5. The molecule has 0 atom stereocenters. The lowest BCUT2D eigenvalue weighted by Crippen LogP contribution is -2.48. The van der Waals surface area contributed by atoms with Crippen molar-refractivity contribution in [3.8, 4) is 0 Å². The molecule has 4 nitrogen and oxygen atoms in total. The van der Waals surface area contributed by atoms with Crippen LogP contribution in [-0.4, -0.2) is 29.4 Å². The minimum absolute atomic E-state index is 0. The van der Waals surface area contributed by atoms with Gasteiger partial charge in [-0.2, -0.15) is 0 Å². The lowest BCUT2D eigenvalue weighted by Gasteiger charge is -2.22. The van der Waals surface area contributed by atoms with Crippen LogP contribution < -0.4 is 11.1 Å². The van der Waals surface area contributed by atoms with Crippen LogP contribution in [0.4, 0.5) is 0 Å². The fraction of sp³-hybridized carbons (Fsp3) is 0.611. The lowest BCUT2D eigenvalue weighted by atomic mass is 10.0. The molecule has 1 aromatic carbocycles. The van der Waals surface area contributed by atoms with Crippen molar-refractivity contribution < 1.29 is 4.79 Å². The zero-order valence-electron chi connectivity index (χ0n) is 14.7. The maximum Gasteiger partial charge on any atom is 0.239 e. The second-order valence-corrected chi connectivity index (χ2v) is 6.86. The third kappa shape index (κ3) is 7.39. The van der Waals surface area contributed by atoms with Crippen LogP contribution >= 0.6 is 24.8 Å². The lowest BCUT2D eigenvalue weighted by molar-refractivity contribution is -0.125. The van der Waals surface area contributed by atoms with Crippen LogP contribution in [0.1, 0.15) is 50.7 Å². The number of likely N-dealkylation sites (tertiary alicyclic amines) is 1. The maximum absolute atomic E-state index is 11.9.